The second-order valence-corrected chi connectivity index (χ2v) is 6.33. The molecule has 0 aromatic heterocycles. The summed E-state index contributed by atoms with van der Waals surface area (Å²) >= 11 is 2.10. The molecule has 1 atom stereocenters. The molecular weight excluding hydrogens is 218 g/mol. The summed E-state index contributed by atoms with van der Waals surface area (Å²) in [7, 11) is 2.28. The fourth-order valence-corrected chi connectivity index (χ4v) is 3.83. The van der Waals surface area contributed by atoms with E-state index in [2.05, 4.69) is 28.6 Å². The number of hydrogen-bond donors (Lipinski definition) is 1. The Morgan fingerprint density at radius 3 is 2.69 bits per heavy atom. The summed E-state index contributed by atoms with van der Waals surface area (Å²) < 4.78 is 0. The monoisotopic (exact) mass is 243 g/mol. The minimum Gasteiger partial charge on any atom is -0.328 e. The van der Waals surface area contributed by atoms with Gasteiger partial charge >= 0.3 is 0 Å². The van der Waals surface area contributed by atoms with Crippen molar-refractivity contribution in [1.82, 2.24) is 9.80 Å². The summed E-state index contributed by atoms with van der Waals surface area (Å²) in [6.07, 6.45) is 3.75. The smallest absolute Gasteiger partial charge is 0.0191 e. The normalized spacial score (nSPS) is 29.1. The topological polar surface area (TPSA) is 32.5 Å². The Bertz CT molecular complexity index is 198. The highest BCUT2D eigenvalue weighted by molar-refractivity contribution is 7.99. The SMILES string of the molecule is CN(CCN1CCC(N)CC1)C1CCSC1. The molecule has 0 amide bonds. The molecule has 0 saturated carbocycles. The Kier molecular flexibility index (Phi) is 4.95. The van der Waals surface area contributed by atoms with E-state index in [1.54, 1.807) is 0 Å². The molecule has 0 aromatic rings. The highest BCUT2D eigenvalue weighted by atomic mass is 32.2. The Balaban J connectivity index is 1.62. The van der Waals surface area contributed by atoms with E-state index in [9.17, 15) is 0 Å². The standard InChI is InChI=1S/C12H25N3S/c1-14(12-4-9-16-10-12)7-8-15-5-2-11(13)3-6-15/h11-12H,2-10,13H2,1H3. The van der Waals surface area contributed by atoms with E-state index in [0.29, 0.717) is 6.04 Å². The Morgan fingerprint density at radius 2 is 2.06 bits per heavy atom. The number of thioether (sulfide) groups is 1. The van der Waals surface area contributed by atoms with E-state index in [4.69, 9.17) is 5.73 Å². The van der Waals surface area contributed by atoms with Gasteiger partial charge in [0.1, 0.15) is 0 Å². The second kappa shape index (κ2) is 6.24. The van der Waals surface area contributed by atoms with Crippen LogP contribution in [-0.2, 0) is 0 Å². The van der Waals surface area contributed by atoms with Gasteiger partial charge in [-0.05, 0) is 45.2 Å². The fourth-order valence-electron chi connectivity index (χ4n) is 2.53. The van der Waals surface area contributed by atoms with Crippen LogP contribution in [0, 0.1) is 0 Å². The van der Waals surface area contributed by atoms with Crippen LogP contribution in [-0.4, -0.2) is 66.6 Å². The highest BCUT2D eigenvalue weighted by Gasteiger charge is 2.21. The molecular formula is C12H25N3S. The number of likely N-dealkylation sites (tertiary alicyclic amines) is 1. The maximum Gasteiger partial charge on any atom is 0.0191 e. The minimum absolute atomic E-state index is 0.459. The van der Waals surface area contributed by atoms with E-state index in [0.717, 1.165) is 6.04 Å². The molecule has 2 heterocycles. The van der Waals surface area contributed by atoms with E-state index in [1.807, 2.05) is 0 Å². The van der Waals surface area contributed by atoms with Crippen LogP contribution < -0.4 is 5.73 Å². The molecule has 2 aliphatic rings. The van der Waals surface area contributed by atoms with Crippen molar-refractivity contribution in [2.75, 3.05) is 44.7 Å². The van der Waals surface area contributed by atoms with Crippen molar-refractivity contribution in [2.24, 2.45) is 5.73 Å². The van der Waals surface area contributed by atoms with Gasteiger partial charge in [0, 0.05) is 30.9 Å². The first-order valence-electron chi connectivity index (χ1n) is 6.51. The van der Waals surface area contributed by atoms with Gasteiger partial charge in [-0.3, -0.25) is 0 Å². The molecule has 2 saturated heterocycles. The van der Waals surface area contributed by atoms with Crippen LogP contribution >= 0.6 is 11.8 Å². The van der Waals surface area contributed by atoms with Crippen molar-refractivity contribution in [2.45, 2.75) is 31.3 Å². The lowest BCUT2D eigenvalue weighted by Gasteiger charge is -2.32. The lowest BCUT2D eigenvalue weighted by molar-refractivity contribution is 0.170. The molecule has 94 valence electrons. The Hall–Kier alpha value is 0.230. The molecule has 0 spiro atoms. The summed E-state index contributed by atoms with van der Waals surface area (Å²) in [5.74, 6) is 2.69. The average Bonchev–Trinajstić information content (AvgIpc) is 2.81. The Labute approximate surface area is 104 Å². The lowest BCUT2D eigenvalue weighted by atomic mass is 10.1. The number of piperidine rings is 1. The summed E-state index contributed by atoms with van der Waals surface area (Å²) in [4.78, 5) is 5.12. The fraction of sp³-hybridized carbons (Fsp3) is 1.00. The molecule has 0 bridgehead atoms. The van der Waals surface area contributed by atoms with Crippen LogP contribution in [0.1, 0.15) is 19.3 Å². The maximum absolute atomic E-state index is 5.91. The molecule has 16 heavy (non-hydrogen) atoms. The van der Waals surface area contributed by atoms with Gasteiger partial charge in [0.05, 0.1) is 0 Å². The van der Waals surface area contributed by atoms with Crippen LogP contribution in [0.2, 0.25) is 0 Å². The summed E-state index contributed by atoms with van der Waals surface area (Å²) in [5, 5.41) is 0. The lowest BCUT2D eigenvalue weighted by Crippen LogP contribution is -2.44. The predicted molar refractivity (Wildman–Crippen MR) is 72.0 cm³/mol. The first-order chi connectivity index (χ1) is 7.75. The molecule has 1 unspecified atom stereocenters. The van der Waals surface area contributed by atoms with Crippen molar-refractivity contribution >= 4 is 11.8 Å². The van der Waals surface area contributed by atoms with Crippen LogP contribution in [0.4, 0.5) is 0 Å². The zero-order valence-electron chi connectivity index (χ0n) is 10.4. The molecule has 0 radical (unpaired) electrons. The predicted octanol–water partition coefficient (Wildman–Crippen LogP) is 0.847. The molecule has 3 nitrogen and oxygen atoms in total. The molecule has 2 fully saturated rings. The van der Waals surface area contributed by atoms with E-state index in [-0.39, 0.29) is 0 Å². The first-order valence-corrected chi connectivity index (χ1v) is 7.67. The molecule has 2 aliphatic heterocycles. The summed E-state index contributed by atoms with van der Waals surface area (Å²) in [5.41, 5.74) is 5.91. The molecule has 0 aromatic carbocycles. The summed E-state index contributed by atoms with van der Waals surface area (Å²) in [6.45, 7) is 4.85. The number of hydrogen-bond acceptors (Lipinski definition) is 4. The number of nitrogens with two attached hydrogens (primary N) is 1. The van der Waals surface area contributed by atoms with Crippen molar-refractivity contribution in [3.05, 3.63) is 0 Å². The van der Waals surface area contributed by atoms with Crippen molar-refractivity contribution in [1.29, 1.82) is 0 Å². The van der Waals surface area contributed by atoms with Gasteiger partial charge in [0.25, 0.3) is 0 Å². The average molecular weight is 243 g/mol. The molecule has 2 rings (SSSR count). The van der Waals surface area contributed by atoms with Gasteiger partial charge in [-0.15, -0.1) is 0 Å². The number of likely N-dealkylation sites (N-methyl/N-ethyl adjacent to an activating group) is 1. The van der Waals surface area contributed by atoms with Gasteiger partial charge in [-0.1, -0.05) is 0 Å². The number of rotatable bonds is 4. The first kappa shape index (κ1) is 12.7. The van der Waals surface area contributed by atoms with Gasteiger partial charge in [-0.25, -0.2) is 0 Å². The van der Waals surface area contributed by atoms with Crippen LogP contribution in [0.3, 0.4) is 0 Å². The molecule has 0 aliphatic carbocycles. The van der Waals surface area contributed by atoms with Crippen LogP contribution in [0.25, 0.3) is 0 Å². The third-order valence-corrected chi connectivity index (χ3v) is 5.08. The maximum atomic E-state index is 5.91. The largest absolute Gasteiger partial charge is 0.328 e. The second-order valence-electron chi connectivity index (χ2n) is 5.18. The molecule has 2 N–H and O–H groups in total. The quantitative estimate of drug-likeness (QED) is 0.793. The van der Waals surface area contributed by atoms with Crippen molar-refractivity contribution in [3.8, 4) is 0 Å². The Morgan fingerprint density at radius 1 is 1.31 bits per heavy atom. The zero-order chi connectivity index (χ0) is 11.4. The van der Waals surface area contributed by atoms with Gasteiger partial charge in [-0.2, -0.15) is 11.8 Å². The highest BCUT2D eigenvalue weighted by Crippen LogP contribution is 2.21. The van der Waals surface area contributed by atoms with Crippen LogP contribution in [0.15, 0.2) is 0 Å². The van der Waals surface area contributed by atoms with Crippen molar-refractivity contribution < 1.29 is 0 Å². The summed E-state index contributed by atoms with van der Waals surface area (Å²) in [6, 6.07) is 1.29. The van der Waals surface area contributed by atoms with Crippen LogP contribution in [0.5, 0.6) is 0 Å². The van der Waals surface area contributed by atoms with Gasteiger partial charge in [0.2, 0.25) is 0 Å². The van der Waals surface area contributed by atoms with Gasteiger partial charge in [0.15, 0.2) is 0 Å². The zero-order valence-corrected chi connectivity index (χ0v) is 11.2. The van der Waals surface area contributed by atoms with E-state index < -0.39 is 0 Å². The number of nitrogens with zero attached hydrogens (tertiary/aromatic N) is 2. The third-order valence-electron chi connectivity index (χ3n) is 3.93. The van der Waals surface area contributed by atoms with E-state index in [1.165, 1.54) is 56.9 Å². The minimum atomic E-state index is 0.459. The van der Waals surface area contributed by atoms with Gasteiger partial charge < -0.3 is 15.5 Å². The van der Waals surface area contributed by atoms with E-state index >= 15 is 0 Å². The third kappa shape index (κ3) is 3.62. The molecule has 4 heteroatoms. The van der Waals surface area contributed by atoms with Crippen molar-refractivity contribution in [3.63, 3.8) is 0 Å².